The van der Waals surface area contributed by atoms with Crippen molar-refractivity contribution in [3.8, 4) is 0 Å². The van der Waals surface area contributed by atoms with Crippen LogP contribution >= 0.6 is 22.6 Å². The van der Waals surface area contributed by atoms with Gasteiger partial charge in [-0.1, -0.05) is 29.5 Å². The standard InChI is InChI=1S/C29H41IO18/c1-2-12(21(31)32)3-13(22(33)34)4-14(23(35)36)5-15(24(37)38)6-16(25(39)40)7-17(26(41)42)8-18(27(43)44)9-19(28(45)46)10-20(11-30)29(47)48/h12-20H,2-11H2,1H3,(H,31,32)(H,33,34)(H,35,36)(H,37,38)(H,39,40)(H,41,42)(H,43,44)(H,45,46)(H,47,48)/p-3. The Kier molecular flexibility index (Phi) is 19.3. The molecule has 0 aromatic rings. The maximum absolute atomic E-state index is 12.1. The molecule has 0 rings (SSSR count). The van der Waals surface area contributed by atoms with E-state index in [0.717, 1.165) is 0 Å². The second kappa shape index (κ2) is 21.0. The Morgan fingerprint density at radius 1 is 0.396 bits per heavy atom. The number of alkyl halides is 1. The predicted molar refractivity (Wildman–Crippen MR) is 158 cm³/mol. The lowest BCUT2D eigenvalue weighted by Gasteiger charge is -2.29. The molecular formula is C29H38IO18-3. The Bertz CT molecular complexity index is 1120. The molecule has 0 bridgehead atoms. The van der Waals surface area contributed by atoms with Crippen molar-refractivity contribution in [3.05, 3.63) is 0 Å². The highest BCUT2D eigenvalue weighted by Gasteiger charge is 2.37. The lowest BCUT2D eigenvalue weighted by Crippen LogP contribution is -2.39. The van der Waals surface area contributed by atoms with Gasteiger partial charge in [-0.15, -0.1) is 0 Å². The molecule has 0 aliphatic carbocycles. The summed E-state index contributed by atoms with van der Waals surface area (Å²) in [6.07, 6.45) is -6.15. The number of aliphatic carboxylic acids is 9. The van der Waals surface area contributed by atoms with Crippen LogP contribution in [0.3, 0.4) is 0 Å². The van der Waals surface area contributed by atoms with Gasteiger partial charge in [-0.2, -0.15) is 0 Å². The van der Waals surface area contributed by atoms with E-state index in [1.807, 2.05) is 0 Å². The monoisotopic (exact) mass is 801 g/mol. The molecule has 0 radical (unpaired) electrons. The summed E-state index contributed by atoms with van der Waals surface area (Å²) in [5.74, 6) is -29.7. The molecule has 0 heterocycles. The summed E-state index contributed by atoms with van der Waals surface area (Å²) in [4.78, 5) is 106. The molecule has 0 aliphatic rings. The van der Waals surface area contributed by atoms with Crippen LogP contribution in [0.2, 0.25) is 0 Å². The average molecular weight is 802 g/mol. The molecule has 0 fully saturated rings. The van der Waals surface area contributed by atoms with Crippen molar-refractivity contribution in [2.24, 2.45) is 53.3 Å². The van der Waals surface area contributed by atoms with Crippen molar-refractivity contribution in [1.82, 2.24) is 0 Å². The van der Waals surface area contributed by atoms with E-state index in [1.165, 1.54) is 6.92 Å². The molecular weight excluding hydrogens is 763 g/mol. The van der Waals surface area contributed by atoms with E-state index in [2.05, 4.69) is 0 Å². The molecule has 0 aliphatic heterocycles. The highest BCUT2D eigenvalue weighted by Crippen LogP contribution is 2.33. The van der Waals surface area contributed by atoms with Crippen molar-refractivity contribution in [1.29, 1.82) is 0 Å². The molecule has 6 N–H and O–H groups in total. The zero-order valence-electron chi connectivity index (χ0n) is 25.7. The number of carboxylic acid groups (broad SMARTS) is 9. The third kappa shape index (κ3) is 15.2. The van der Waals surface area contributed by atoms with Crippen LogP contribution in [0.5, 0.6) is 0 Å². The summed E-state index contributed by atoms with van der Waals surface area (Å²) in [6, 6.07) is 0. The van der Waals surface area contributed by atoms with E-state index >= 15 is 0 Å². The summed E-state index contributed by atoms with van der Waals surface area (Å²) in [5.41, 5.74) is 0. The fourth-order valence-corrected chi connectivity index (χ4v) is 6.21. The zero-order valence-corrected chi connectivity index (χ0v) is 27.9. The first-order chi connectivity index (χ1) is 22.2. The third-order valence-electron chi connectivity index (χ3n) is 8.33. The quantitative estimate of drug-likeness (QED) is 0.0396. The Hall–Kier alpha value is -4.04. The number of carbonyl (C=O) groups is 9. The lowest BCUT2D eigenvalue weighted by atomic mass is 9.77. The predicted octanol–water partition coefficient (Wildman–Crippen LogP) is -1.74. The summed E-state index contributed by atoms with van der Waals surface area (Å²) in [5, 5.41) is 92.7. The van der Waals surface area contributed by atoms with Gasteiger partial charge in [0, 0.05) is 34.2 Å². The van der Waals surface area contributed by atoms with Crippen LogP contribution in [0.1, 0.15) is 64.7 Å². The van der Waals surface area contributed by atoms with E-state index in [-0.39, 0.29) is 10.8 Å². The summed E-state index contributed by atoms with van der Waals surface area (Å²) < 4.78 is -0.0385. The maximum Gasteiger partial charge on any atom is 0.307 e. The number of carboxylic acids is 9. The molecule has 9 atom stereocenters. The van der Waals surface area contributed by atoms with Gasteiger partial charge in [-0.05, 0) is 63.7 Å². The molecule has 18 nitrogen and oxygen atoms in total. The molecule has 0 spiro atoms. The normalized spacial score (nSPS) is 16.9. The molecule has 272 valence electrons. The first kappa shape index (κ1) is 44.0. The Morgan fingerprint density at radius 2 is 0.583 bits per heavy atom. The van der Waals surface area contributed by atoms with E-state index in [9.17, 15) is 89.1 Å². The lowest BCUT2D eigenvalue weighted by molar-refractivity contribution is -0.313. The van der Waals surface area contributed by atoms with Crippen molar-refractivity contribution >= 4 is 76.3 Å². The first-order valence-electron chi connectivity index (χ1n) is 14.7. The van der Waals surface area contributed by atoms with Gasteiger partial charge < -0.3 is 60.3 Å². The largest absolute Gasteiger partial charge is 0.550 e. The molecule has 0 aromatic carbocycles. The number of carbonyl (C=O) groups excluding carboxylic acids is 3. The van der Waals surface area contributed by atoms with Crippen LogP contribution in [-0.4, -0.2) is 88.8 Å². The zero-order chi connectivity index (χ0) is 37.5. The summed E-state index contributed by atoms with van der Waals surface area (Å²) in [6.45, 7) is 1.43. The fourth-order valence-electron chi connectivity index (χ4n) is 5.47. The van der Waals surface area contributed by atoms with Crippen molar-refractivity contribution in [2.75, 3.05) is 4.43 Å². The SMILES string of the molecule is CCC(CC(CC(CC(CC(CC(CC(CC(CC(CI)C(=O)O)C(=O)[O-])C(=O)O)C(=O)O)C(=O)[O-])C(=O)O)C(=O)O)C(=O)O)C(=O)[O-]. The van der Waals surface area contributed by atoms with Gasteiger partial charge >= 0.3 is 35.8 Å². The number of hydrogen-bond acceptors (Lipinski definition) is 12. The molecule has 0 saturated carbocycles. The van der Waals surface area contributed by atoms with Crippen LogP contribution in [0, 0.1) is 53.3 Å². The van der Waals surface area contributed by atoms with Gasteiger partial charge in [0.25, 0.3) is 0 Å². The molecule has 0 saturated heterocycles. The molecule has 9 unspecified atom stereocenters. The van der Waals surface area contributed by atoms with E-state index in [0.29, 0.717) is 0 Å². The average Bonchev–Trinajstić information content (AvgIpc) is 2.96. The molecule has 0 aromatic heterocycles. The number of halogens is 1. The highest BCUT2D eigenvalue weighted by molar-refractivity contribution is 14.1. The smallest absolute Gasteiger partial charge is 0.307 e. The van der Waals surface area contributed by atoms with Crippen molar-refractivity contribution in [2.45, 2.75) is 64.7 Å². The van der Waals surface area contributed by atoms with E-state index in [1.54, 1.807) is 22.6 Å². The fraction of sp³-hybridized carbons (Fsp3) is 0.690. The number of hydrogen-bond donors (Lipinski definition) is 6. The second-order valence-electron chi connectivity index (χ2n) is 11.7. The first-order valence-corrected chi connectivity index (χ1v) is 16.2. The molecule has 19 heteroatoms. The van der Waals surface area contributed by atoms with Gasteiger partial charge in [-0.25, -0.2) is 0 Å². The Balaban J connectivity index is 6.15. The van der Waals surface area contributed by atoms with E-state index < -0.39 is 158 Å². The highest BCUT2D eigenvalue weighted by atomic mass is 127. The van der Waals surface area contributed by atoms with Crippen LogP contribution in [-0.2, 0) is 43.2 Å². The Labute approximate surface area is 287 Å². The van der Waals surface area contributed by atoms with Gasteiger partial charge in [0.2, 0.25) is 0 Å². The van der Waals surface area contributed by atoms with Crippen LogP contribution in [0.4, 0.5) is 0 Å². The van der Waals surface area contributed by atoms with Crippen molar-refractivity contribution < 1.29 is 89.1 Å². The van der Waals surface area contributed by atoms with Crippen molar-refractivity contribution in [3.63, 3.8) is 0 Å². The third-order valence-corrected chi connectivity index (χ3v) is 9.39. The van der Waals surface area contributed by atoms with Gasteiger partial charge in [0.05, 0.1) is 35.5 Å². The molecule has 0 amide bonds. The van der Waals surface area contributed by atoms with Gasteiger partial charge in [0.15, 0.2) is 0 Å². The minimum Gasteiger partial charge on any atom is -0.550 e. The van der Waals surface area contributed by atoms with Crippen LogP contribution in [0.25, 0.3) is 0 Å². The summed E-state index contributed by atoms with van der Waals surface area (Å²) in [7, 11) is 0. The number of rotatable bonds is 27. The maximum atomic E-state index is 12.1. The molecule has 48 heavy (non-hydrogen) atoms. The van der Waals surface area contributed by atoms with E-state index in [4.69, 9.17) is 0 Å². The second-order valence-corrected chi connectivity index (χ2v) is 12.6. The Morgan fingerprint density at radius 3 is 0.750 bits per heavy atom. The topological polar surface area (TPSA) is 344 Å². The van der Waals surface area contributed by atoms with Gasteiger partial charge in [0.1, 0.15) is 0 Å². The minimum atomic E-state index is -1.96. The summed E-state index contributed by atoms with van der Waals surface area (Å²) >= 11 is 1.68. The van der Waals surface area contributed by atoms with Gasteiger partial charge in [-0.3, -0.25) is 28.8 Å². The van der Waals surface area contributed by atoms with Crippen LogP contribution < -0.4 is 15.3 Å². The van der Waals surface area contributed by atoms with Crippen LogP contribution in [0.15, 0.2) is 0 Å². The minimum absolute atomic E-state index is 0.0385.